The number of imide groups is 1. The van der Waals surface area contributed by atoms with E-state index in [0.29, 0.717) is 24.3 Å². The van der Waals surface area contributed by atoms with E-state index in [1.165, 1.54) is 18.1 Å². The molecule has 0 radical (unpaired) electrons. The Kier molecular flexibility index (Phi) is 11.3. The largest absolute Gasteiger partial charge is 0.499 e. The van der Waals surface area contributed by atoms with Crippen LogP contribution in [0.15, 0.2) is 64.9 Å². The average molecular weight is 501 g/mol. The van der Waals surface area contributed by atoms with Crippen LogP contribution in [0.4, 0.5) is 0 Å². The fourth-order valence-corrected chi connectivity index (χ4v) is 4.37. The average Bonchev–Trinajstić information content (AvgIpc) is 3.15. The lowest BCUT2D eigenvalue weighted by atomic mass is 9.97. The van der Waals surface area contributed by atoms with Crippen LogP contribution in [-0.4, -0.2) is 54.3 Å². The van der Waals surface area contributed by atoms with Gasteiger partial charge in [-0.25, -0.2) is 0 Å². The van der Waals surface area contributed by atoms with Crippen molar-refractivity contribution >= 4 is 29.3 Å². The van der Waals surface area contributed by atoms with Crippen LogP contribution in [0.5, 0.6) is 0 Å². The van der Waals surface area contributed by atoms with Crippen LogP contribution >= 0.6 is 11.6 Å². The molecule has 7 heteroatoms. The molecule has 2 atom stereocenters. The van der Waals surface area contributed by atoms with Gasteiger partial charge in [-0.3, -0.25) is 19.3 Å². The standard InChI is InChI=1S/C28H37ClN2O4/c1-20(13-14-24(19-29)12-9-15-30(4)22(3)32)16-21(2)28(34)31-25(26(35-5)18-27(31)33)17-23-10-7-6-8-11-23/h6-8,10-11,16,18-20,25H,9,12-15,17H2,1-5H3. The minimum absolute atomic E-state index is 0.0515. The van der Waals surface area contributed by atoms with Crippen LogP contribution in [0.2, 0.25) is 0 Å². The molecule has 0 aliphatic carbocycles. The quantitative estimate of drug-likeness (QED) is 0.368. The Bertz CT molecular complexity index is 984. The monoisotopic (exact) mass is 500 g/mol. The highest BCUT2D eigenvalue weighted by Gasteiger charge is 2.38. The second kappa shape index (κ2) is 13.9. The number of hydrogen-bond donors (Lipinski definition) is 0. The molecule has 2 rings (SSSR count). The van der Waals surface area contributed by atoms with Crippen LogP contribution in [0.1, 0.15) is 52.0 Å². The Hall–Kier alpha value is -2.86. The normalized spacial score (nSPS) is 17.3. The summed E-state index contributed by atoms with van der Waals surface area (Å²) < 4.78 is 5.43. The predicted octanol–water partition coefficient (Wildman–Crippen LogP) is 5.24. The van der Waals surface area contributed by atoms with Gasteiger partial charge >= 0.3 is 0 Å². The summed E-state index contributed by atoms with van der Waals surface area (Å²) in [5.41, 5.74) is 4.31. The number of methoxy groups -OCH3 is 1. The number of amides is 3. The third-order valence-electron chi connectivity index (χ3n) is 6.35. The number of allylic oxidation sites excluding steroid dienone is 2. The van der Waals surface area contributed by atoms with Crippen molar-refractivity contribution in [3.05, 3.63) is 70.5 Å². The number of hydrogen-bond acceptors (Lipinski definition) is 4. The minimum Gasteiger partial charge on any atom is -0.499 e. The molecule has 1 aliphatic heterocycles. The molecule has 0 bridgehead atoms. The van der Waals surface area contributed by atoms with Crippen molar-refractivity contribution < 1.29 is 19.1 Å². The number of carbonyl (C=O) groups is 3. The van der Waals surface area contributed by atoms with E-state index in [-0.39, 0.29) is 23.6 Å². The summed E-state index contributed by atoms with van der Waals surface area (Å²) >= 11 is 6.02. The first-order chi connectivity index (χ1) is 16.7. The highest BCUT2D eigenvalue weighted by Crippen LogP contribution is 2.26. The molecule has 190 valence electrons. The molecule has 1 heterocycles. The molecule has 1 aromatic carbocycles. The van der Waals surface area contributed by atoms with E-state index in [4.69, 9.17) is 16.3 Å². The highest BCUT2D eigenvalue weighted by molar-refractivity contribution is 6.25. The molecule has 1 aliphatic rings. The number of benzene rings is 1. The Morgan fingerprint density at radius 1 is 1.20 bits per heavy atom. The highest BCUT2D eigenvalue weighted by atomic mass is 35.5. The van der Waals surface area contributed by atoms with Gasteiger partial charge in [0, 0.05) is 44.1 Å². The third-order valence-corrected chi connectivity index (χ3v) is 6.65. The maximum Gasteiger partial charge on any atom is 0.257 e. The molecule has 2 unspecified atom stereocenters. The van der Waals surface area contributed by atoms with Crippen molar-refractivity contribution in [3.63, 3.8) is 0 Å². The summed E-state index contributed by atoms with van der Waals surface area (Å²) in [6.07, 6.45) is 7.15. The van der Waals surface area contributed by atoms with Gasteiger partial charge in [-0.15, -0.1) is 0 Å². The van der Waals surface area contributed by atoms with E-state index in [1.807, 2.05) is 36.4 Å². The molecule has 35 heavy (non-hydrogen) atoms. The molecule has 6 nitrogen and oxygen atoms in total. The van der Waals surface area contributed by atoms with Gasteiger partial charge in [-0.2, -0.15) is 0 Å². The van der Waals surface area contributed by atoms with E-state index in [2.05, 4.69) is 6.92 Å². The maximum atomic E-state index is 13.3. The van der Waals surface area contributed by atoms with E-state index in [9.17, 15) is 14.4 Å². The van der Waals surface area contributed by atoms with E-state index in [0.717, 1.165) is 36.8 Å². The van der Waals surface area contributed by atoms with Crippen LogP contribution < -0.4 is 0 Å². The van der Waals surface area contributed by atoms with E-state index < -0.39 is 6.04 Å². The number of nitrogens with zero attached hydrogens (tertiary/aromatic N) is 2. The maximum absolute atomic E-state index is 13.3. The molecule has 3 amide bonds. The predicted molar refractivity (Wildman–Crippen MR) is 140 cm³/mol. The van der Waals surface area contributed by atoms with Crippen molar-refractivity contribution in [2.45, 2.75) is 58.9 Å². The van der Waals surface area contributed by atoms with Gasteiger partial charge < -0.3 is 9.64 Å². The molecule has 0 saturated heterocycles. The minimum atomic E-state index is -0.458. The lowest BCUT2D eigenvalue weighted by molar-refractivity contribution is -0.140. The van der Waals surface area contributed by atoms with E-state index >= 15 is 0 Å². The molecule has 0 aromatic heterocycles. The number of rotatable bonds is 12. The Morgan fingerprint density at radius 2 is 1.89 bits per heavy atom. The van der Waals surface area contributed by atoms with Crippen LogP contribution in [0.3, 0.4) is 0 Å². The fourth-order valence-electron chi connectivity index (χ4n) is 4.15. The van der Waals surface area contributed by atoms with Crippen molar-refractivity contribution in [2.75, 3.05) is 20.7 Å². The van der Waals surface area contributed by atoms with E-state index in [1.54, 1.807) is 31.3 Å². The summed E-state index contributed by atoms with van der Waals surface area (Å²) in [4.78, 5) is 40.3. The number of ether oxygens (including phenoxy) is 1. The summed E-state index contributed by atoms with van der Waals surface area (Å²) in [6.45, 7) is 6.06. The van der Waals surface area contributed by atoms with Gasteiger partial charge in [0.2, 0.25) is 5.91 Å². The molecule has 0 fully saturated rings. The third kappa shape index (κ3) is 8.39. The first-order valence-corrected chi connectivity index (χ1v) is 12.5. The number of halogens is 1. The van der Waals surface area contributed by atoms with Gasteiger partial charge in [0.25, 0.3) is 11.8 Å². The van der Waals surface area contributed by atoms with Crippen LogP contribution in [-0.2, 0) is 25.5 Å². The van der Waals surface area contributed by atoms with Gasteiger partial charge in [-0.05, 0) is 44.1 Å². The summed E-state index contributed by atoms with van der Waals surface area (Å²) in [5.74, 6) is 0.0316. The van der Waals surface area contributed by atoms with Crippen molar-refractivity contribution in [1.82, 2.24) is 9.80 Å². The first-order valence-electron chi connectivity index (χ1n) is 12.0. The molecule has 0 saturated carbocycles. The Morgan fingerprint density at radius 3 is 2.49 bits per heavy atom. The zero-order valence-electron chi connectivity index (χ0n) is 21.4. The molecule has 0 spiro atoms. The van der Waals surface area contributed by atoms with Gasteiger partial charge in [0.1, 0.15) is 11.8 Å². The lowest BCUT2D eigenvalue weighted by Crippen LogP contribution is -2.42. The van der Waals surface area contributed by atoms with Crippen molar-refractivity contribution in [2.24, 2.45) is 5.92 Å². The zero-order valence-corrected chi connectivity index (χ0v) is 22.2. The van der Waals surface area contributed by atoms with Gasteiger partial charge in [0.15, 0.2) is 0 Å². The lowest BCUT2D eigenvalue weighted by Gasteiger charge is -2.25. The SMILES string of the molecule is COC1=CC(=O)N(C(=O)C(C)=CC(C)CCC(=CCl)CCCN(C)C(C)=O)C1Cc1ccccc1. The summed E-state index contributed by atoms with van der Waals surface area (Å²) in [7, 11) is 3.32. The molecular formula is C28H37ClN2O4. The summed E-state index contributed by atoms with van der Waals surface area (Å²) in [6, 6.07) is 9.30. The van der Waals surface area contributed by atoms with Crippen LogP contribution in [0.25, 0.3) is 0 Å². The molecule has 0 N–H and O–H groups in total. The Labute approximate surface area is 214 Å². The fraction of sp³-hybridized carbons (Fsp3) is 0.464. The zero-order chi connectivity index (χ0) is 26.0. The van der Waals surface area contributed by atoms with Gasteiger partial charge in [0.05, 0.1) is 7.11 Å². The number of carbonyl (C=O) groups excluding carboxylic acids is 3. The van der Waals surface area contributed by atoms with Crippen molar-refractivity contribution in [3.8, 4) is 0 Å². The van der Waals surface area contributed by atoms with Gasteiger partial charge in [-0.1, -0.05) is 60.5 Å². The topological polar surface area (TPSA) is 66.9 Å². The second-order valence-electron chi connectivity index (χ2n) is 9.15. The first kappa shape index (κ1) is 28.4. The van der Waals surface area contributed by atoms with Crippen molar-refractivity contribution in [1.29, 1.82) is 0 Å². The molecular weight excluding hydrogens is 464 g/mol. The Balaban J connectivity index is 1.98. The smallest absolute Gasteiger partial charge is 0.257 e. The second-order valence-corrected chi connectivity index (χ2v) is 9.37. The summed E-state index contributed by atoms with van der Waals surface area (Å²) in [5, 5.41) is 0. The van der Waals surface area contributed by atoms with Crippen LogP contribution in [0, 0.1) is 5.92 Å². The molecule has 1 aromatic rings.